The molecule has 1 N–H and O–H groups in total. The van der Waals surface area contributed by atoms with Crippen molar-refractivity contribution in [1.82, 2.24) is 0 Å². The van der Waals surface area contributed by atoms with Gasteiger partial charge in [-0.15, -0.1) is 0 Å². The molecule has 2 aromatic rings. The van der Waals surface area contributed by atoms with E-state index in [1.165, 1.54) is 0 Å². The molecule has 2 atom stereocenters. The van der Waals surface area contributed by atoms with E-state index in [0.717, 1.165) is 16.3 Å². The molecule has 100 valence electrons. The van der Waals surface area contributed by atoms with Crippen molar-refractivity contribution in [2.24, 2.45) is 0 Å². The number of benzene rings is 2. The maximum atomic E-state index is 11.6. The molecular weight excluding hydrogens is 240 g/mol. The molecule has 0 aliphatic heterocycles. The number of esters is 1. The van der Waals surface area contributed by atoms with E-state index in [1.807, 2.05) is 49.4 Å². The van der Waals surface area contributed by atoms with Crippen molar-refractivity contribution in [3.63, 3.8) is 0 Å². The first-order valence-electron chi connectivity index (χ1n) is 6.47. The summed E-state index contributed by atoms with van der Waals surface area (Å²) in [5.74, 6) is -0.868. The van der Waals surface area contributed by atoms with E-state index < -0.39 is 12.1 Å². The minimum atomic E-state index is -1.13. The van der Waals surface area contributed by atoms with Crippen molar-refractivity contribution in [2.45, 2.75) is 25.9 Å². The number of aliphatic hydroxyl groups is 1. The summed E-state index contributed by atoms with van der Waals surface area (Å²) in [6.07, 6.45) is -1.13. The number of hydrogen-bond acceptors (Lipinski definition) is 3. The zero-order chi connectivity index (χ0) is 13.8. The summed E-state index contributed by atoms with van der Waals surface area (Å²) in [4.78, 5) is 11.6. The SMILES string of the molecule is CCOC(=O)C(O)C(C)c1cccc2ccccc12. The van der Waals surface area contributed by atoms with E-state index in [2.05, 4.69) is 0 Å². The number of hydrogen-bond donors (Lipinski definition) is 1. The normalized spacial score (nSPS) is 14.1. The van der Waals surface area contributed by atoms with Crippen LogP contribution in [0.25, 0.3) is 10.8 Å². The number of ether oxygens (including phenoxy) is 1. The minimum Gasteiger partial charge on any atom is -0.464 e. The Labute approximate surface area is 112 Å². The molecule has 0 bridgehead atoms. The molecule has 0 saturated heterocycles. The third-order valence-corrected chi connectivity index (χ3v) is 3.32. The number of carbonyl (C=O) groups excluding carboxylic acids is 1. The van der Waals surface area contributed by atoms with Gasteiger partial charge < -0.3 is 9.84 Å². The monoisotopic (exact) mass is 258 g/mol. The molecular formula is C16H18O3. The summed E-state index contributed by atoms with van der Waals surface area (Å²) in [5.41, 5.74) is 0.957. The largest absolute Gasteiger partial charge is 0.464 e. The van der Waals surface area contributed by atoms with Crippen molar-refractivity contribution < 1.29 is 14.6 Å². The molecule has 0 aromatic heterocycles. The Kier molecular flexibility index (Phi) is 4.17. The molecule has 0 fully saturated rings. The van der Waals surface area contributed by atoms with E-state index in [9.17, 15) is 9.90 Å². The maximum absolute atomic E-state index is 11.6. The van der Waals surface area contributed by atoms with Crippen molar-refractivity contribution >= 4 is 16.7 Å². The van der Waals surface area contributed by atoms with Crippen LogP contribution in [0.4, 0.5) is 0 Å². The van der Waals surface area contributed by atoms with Gasteiger partial charge in [-0.3, -0.25) is 0 Å². The molecule has 0 amide bonds. The quantitative estimate of drug-likeness (QED) is 0.858. The molecule has 3 nitrogen and oxygen atoms in total. The summed E-state index contributed by atoms with van der Waals surface area (Å²) in [6.45, 7) is 3.84. The highest BCUT2D eigenvalue weighted by atomic mass is 16.5. The number of carbonyl (C=O) groups is 1. The van der Waals surface area contributed by atoms with E-state index in [0.29, 0.717) is 0 Å². The van der Waals surface area contributed by atoms with Gasteiger partial charge in [0.2, 0.25) is 0 Å². The van der Waals surface area contributed by atoms with Crippen LogP contribution in [0.2, 0.25) is 0 Å². The summed E-state index contributed by atoms with van der Waals surface area (Å²) in [5, 5.41) is 12.2. The Balaban J connectivity index is 2.36. The van der Waals surface area contributed by atoms with Crippen LogP contribution in [0, 0.1) is 0 Å². The average molecular weight is 258 g/mol. The Hall–Kier alpha value is -1.87. The Morgan fingerprint density at radius 2 is 1.89 bits per heavy atom. The van der Waals surface area contributed by atoms with Crippen molar-refractivity contribution in [2.75, 3.05) is 6.61 Å². The second-order valence-electron chi connectivity index (χ2n) is 4.55. The molecule has 19 heavy (non-hydrogen) atoms. The topological polar surface area (TPSA) is 46.5 Å². The molecule has 0 aliphatic carbocycles. The molecule has 0 saturated carbocycles. The fourth-order valence-corrected chi connectivity index (χ4v) is 2.25. The molecule has 0 aliphatic rings. The molecule has 2 rings (SSSR count). The Bertz CT molecular complexity index is 572. The molecule has 0 heterocycles. The average Bonchev–Trinajstić information content (AvgIpc) is 2.45. The molecule has 0 radical (unpaired) electrons. The molecule has 0 spiro atoms. The van der Waals surface area contributed by atoms with Gasteiger partial charge in [-0.05, 0) is 23.3 Å². The van der Waals surface area contributed by atoms with E-state index in [-0.39, 0.29) is 12.5 Å². The standard InChI is InChI=1S/C16H18O3/c1-3-19-16(18)15(17)11(2)13-10-6-8-12-7-4-5-9-14(12)13/h4-11,15,17H,3H2,1-2H3. The smallest absolute Gasteiger partial charge is 0.335 e. The first kappa shape index (κ1) is 13.6. The van der Waals surface area contributed by atoms with Gasteiger partial charge in [0.25, 0.3) is 0 Å². The first-order valence-corrected chi connectivity index (χ1v) is 6.47. The van der Waals surface area contributed by atoms with Crippen molar-refractivity contribution in [3.05, 3.63) is 48.0 Å². The molecule has 3 heteroatoms. The first-order chi connectivity index (χ1) is 9.15. The van der Waals surface area contributed by atoms with Gasteiger partial charge in [0.05, 0.1) is 6.61 Å². The summed E-state index contributed by atoms with van der Waals surface area (Å²) >= 11 is 0. The van der Waals surface area contributed by atoms with Crippen LogP contribution < -0.4 is 0 Å². The zero-order valence-corrected chi connectivity index (χ0v) is 11.2. The predicted molar refractivity (Wildman–Crippen MR) is 75.0 cm³/mol. The van der Waals surface area contributed by atoms with Crippen LogP contribution in [0.1, 0.15) is 25.3 Å². The van der Waals surface area contributed by atoms with Gasteiger partial charge >= 0.3 is 5.97 Å². The van der Waals surface area contributed by atoms with Gasteiger partial charge in [-0.2, -0.15) is 0 Å². The summed E-state index contributed by atoms with van der Waals surface area (Å²) < 4.78 is 4.87. The van der Waals surface area contributed by atoms with Gasteiger partial charge in [-0.1, -0.05) is 49.4 Å². The van der Waals surface area contributed by atoms with Crippen LogP contribution in [0.15, 0.2) is 42.5 Å². The summed E-state index contributed by atoms with van der Waals surface area (Å²) in [6, 6.07) is 13.8. The lowest BCUT2D eigenvalue weighted by atomic mass is 9.91. The van der Waals surface area contributed by atoms with Crippen LogP contribution in [0.3, 0.4) is 0 Å². The lowest BCUT2D eigenvalue weighted by Crippen LogP contribution is -2.28. The van der Waals surface area contributed by atoms with Crippen LogP contribution >= 0.6 is 0 Å². The molecule has 2 aromatic carbocycles. The van der Waals surface area contributed by atoms with Gasteiger partial charge in [0, 0.05) is 5.92 Å². The second-order valence-corrected chi connectivity index (χ2v) is 4.55. The highest BCUT2D eigenvalue weighted by Crippen LogP contribution is 2.28. The third-order valence-electron chi connectivity index (χ3n) is 3.32. The van der Waals surface area contributed by atoms with Crippen molar-refractivity contribution in [1.29, 1.82) is 0 Å². The van der Waals surface area contributed by atoms with Crippen LogP contribution in [-0.4, -0.2) is 23.8 Å². The molecule has 2 unspecified atom stereocenters. The zero-order valence-electron chi connectivity index (χ0n) is 11.2. The highest BCUT2D eigenvalue weighted by Gasteiger charge is 2.25. The fraction of sp³-hybridized carbons (Fsp3) is 0.312. The van der Waals surface area contributed by atoms with Gasteiger partial charge in [0.15, 0.2) is 6.10 Å². The van der Waals surface area contributed by atoms with E-state index in [1.54, 1.807) is 6.92 Å². The minimum absolute atomic E-state index is 0.276. The Morgan fingerprint density at radius 3 is 2.63 bits per heavy atom. The van der Waals surface area contributed by atoms with Crippen molar-refractivity contribution in [3.8, 4) is 0 Å². The van der Waals surface area contributed by atoms with E-state index in [4.69, 9.17) is 4.74 Å². The number of aliphatic hydroxyl groups excluding tert-OH is 1. The Morgan fingerprint density at radius 1 is 1.21 bits per heavy atom. The lowest BCUT2D eigenvalue weighted by molar-refractivity contribution is -0.154. The van der Waals surface area contributed by atoms with Gasteiger partial charge in [0.1, 0.15) is 0 Å². The third kappa shape index (κ3) is 2.76. The van der Waals surface area contributed by atoms with E-state index >= 15 is 0 Å². The van der Waals surface area contributed by atoms with Crippen LogP contribution in [0.5, 0.6) is 0 Å². The lowest BCUT2D eigenvalue weighted by Gasteiger charge is -2.19. The predicted octanol–water partition coefficient (Wildman–Crippen LogP) is 2.87. The highest BCUT2D eigenvalue weighted by molar-refractivity contribution is 5.87. The van der Waals surface area contributed by atoms with Crippen LogP contribution in [-0.2, 0) is 9.53 Å². The second kappa shape index (κ2) is 5.85. The summed E-state index contributed by atoms with van der Waals surface area (Å²) in [7, 11) is 0. The fourth-order valence-electron chi connectivity index (χ4n) is 2.25. The van der Waals surface area contributed by atoms with Gasteiger partial charge in [-0.25, -0.2) is 4.79 Å². The number of fused-ring (bicyclic) bond motifs is 1. The maximum Gasteiger partial charge on any atom is 0.335 e. The number of rotatable bonds is 4.